The molecule has 2 aromatic carbocycles. The third-order valence-corrected chi connectivity index (χ3v) is 5.84. The first-order valence-electron chi connectivity index (χ1n) is 9.56. The Hall–Kier alpha value is -3.02. The van der Waals surface area contributed by atoms with Crippen molar-refractivity contribution in [1.29, 1.82) is 0 Å². The standard InChI is InChI=1S/C21H22N4O2/c26-20-22-17-6-2-4-8-19(17)25(20)16-10-12-23(13-11-16)21(27)24-14-9-15-5-1-3-7-18(15)24/h1-8,16H,9-14H2,(H,22,26). The van der Waals surface area contributed by atoms with Gasteiger partial charge in [0.1, 0.15) is 0 Å². The second kappa shape index (κ2) is 6.30. The first-order chi connectivity index (χ1) is 13.2. The number of H-pyrrole nitrogens is 1. The Labute approximate surface area is 157 Å². The lowest BCUT2D eigenvalue weighted by molar-refractivity contribution is 0.178. The monoisotopic (exact) mass is 362 g/mol. The molecule has 5 rings (SSSR count). The van der Waals surface area contributed by atoms with Crippen LogP contribution < -0.4 is 10.6 Å². The van der Waals surface area contributed by atoms with Crippen LogP contribution in [0.4, 0.5) is 10.5 Å². The van der Waals surface area contributed by atoms with Gasteiger partial charge in [0.25, 0.3) is 0 Å². The number of nitrogens with one attached hydrogen (secondary N) is 1. The average Bonchev–Trinajstić information content (AvgIpc) is 3.28. The van der Waals surface area contributed by atoms with Gasteiger partial charge in [0.05, 0.1) is 11.0 Å². The lowest BCUT2D eigenvalue weighted by Gasteiger charge is -2.35. The van der Waals surface area contributed by atoms with Gasteiger partial charge < -0.3 is 9.88 Å². The Balaban J connectivity index is 1.33. The Morgan fingerprint density at radius 3 is 2.56 bits per heavy atom. The van der Waals surface area contributed by atoms with Crippen LogP contribution in [0.15, 0.2) is 53.3 Å². The van der Waals surface area contributed by atoms with Crippen LogP contribution in [0.3, 0.4) is 0 Å². The molecule has 0 atom stereocenters. The summed E-state index contributed by atoms with van der Waals surface area (Å²) >= 11 is 0. The number of para-hydroxylation sites is 3. The molecule has 0 spiro atoms. The van der Waals surface area contributed by atoms with E-state index in [9.17, 15) is 9.59 Å². The number of imidazole rings is 1. The lowest BCUT2D eigenvalue weighted by Crippen LogP contribution is -2.47. The number of piperidine rings is 1. The van der Waals surface area contributed by atoms with Gasteiger partial charge in [-0.1, -0.05) is 30.3 Å². The molecule has 3 aromatic rings. The van der Waals surface area contributed by atoms with E-state index in [2.05, 4.69) is 11.1 Å². The van der Waals surface area contributed by atoms with Crippen LogP contribution in [0.1, 0.15) is 24.4 Å². The normalized spacial score (nSPS) is 17.5. The average molecular weight is 362 g/mol. The van der Waals surface area contributed by atoms with Crippen molar-refractivity contribution in [2.45, 2.75) is 25.3 Å². The van der Waals surface area contributed by atoms with E-state index < -0.39 is 0 Å². The number of carbonyl (C=O) groups excluding carboxylic acids is 1. The molecule has 0 bridgehead atoms. The number of anilines is 1. The molecule has 1 saturated heterocycles. The predicted octanol–water partition coefficient (Wildman–Crippen LogP) is 3.15. The smallest absolute Gasteiger partial charge is 0.324 e. The third kappa shape index (κ3) is 2.63. The van der Waals surface area contributed by atoms with Crippen molar-refractivity contribution in [1.82, 2.24) is 14.5 Å². The molecule has 0 unspecified atom stereocenters. The van der Waals surface area contributed by atoms with Crippen molar-refractivity contribution in [3.8, 4) is 0 Å². The topological polar surface area (TPSA) is 61.3 Å². The summed E-state index contributed by atoms with van der Waals surface area (Å²) < 4.78 is 1.86. The molecule has 2 aliphatic rings. The number of rotatable bonds is 1. The van der Waals surface area contributed by atoms with Gasteiger partial charge in [-0.3, -0.25) is 9.47 Å². The number of nitrogens with zero attached hydrogens (tertiary/aromatic N) is 3. The molecule has 27 heavy (non-hydrogen) atoms. The number of aromatic nitrogens is 2. The molecule has 6 nitrogen and oxygen atoms in total. The molecule has 1 aromatic heterocycles. The number of likely N-dealkylation sites (tertiary alicyclic amines) is 1. The first-order valence-corrected chi connectivity index (χ1v) is 9.56. The van der Waals surface area contributed by atoms with Gasteiger partial charge in [0, 0.05) is 31.4 Å². The highest BCUT2D eigenvalue weighted by Crippen LogP contribution is 2.30. The maximum atomic E-state index is 13.0. The molecule has 138 valence electrons. The van der Waals surface area contributed by atoms with Crippen LogP contribution in [0.5, 0.6) is 0 Å². The molecule has 0 saturated carbocycles. The number of aromatic amines is 1. The SMILES string of the molecule is O=C(N1CCC(n2c(=O)[nH]c3ccccc32)CC1)N1CCc2ccccc21. The molecule has 0 radical (unpaired) electrons. The van der Waals surface area contributed by atoms with Gasteiger partial charge in [0.2, 0.25) is 0 Å². The fraction of sp³-hybridized carbons (Fsp3) is 0.333. The van der Waals surface area contributed by atoms with E-state index in [-0.39, 0.29) is 17.8 Å². The zero-order chi connectivity index (χ0) is 18.4. The summed E-state index contributed by atoms with van der Waals surface area (Å²) in [7, 11) is 0. The van der Waals surface area contributed by atoms with Crippen molar-refractivity contribution >= 4 is 22.8 Å². The zero-order valence-electron chi connectivity index (χ0n) is 15.1. The van der Waals surface area contributed by atoms with E-state index in [1.54, 1.807) is 0 Å². The molecule has 2 amide bonds. The minimum Gasteiger partial charge on any atom is -0.324 e. The van der Waals surface area contributed by atoms with E-state index in [1.165, 1.54) is 5.56 Å². The van der Waals surface area contributed by atoms with Crippen molar-refractivity contribution in [2.75, 3.05) is 24.5 Å². The summed E-state index contributed by atoms with van der Waals surface area (Å²) in [4.78, 5) is 32.2. The van der Waals surface area contributed by atoms with E-state index in [4.69, 9.17) is 0 Å². The molecule has 1 fully saturated rings. The number of benzene rings is 2. The van der Waals surface area contributed by atoms with E-state index >= 15 is 0 Å². The number of hydrogen-bond donors (Lipinski definition) is 1. The minimum absolute atomic E-state index is 0.0607. The van der Waals surface area contributed by atoms with Crippen LogP contribution in [0.25, 0.3) is 11.0 Å². The fourth-order valence-electron chi connectivity index (χ4n) is 4.46. The second-order valence-corrected chi connectivity index (χ2v) is 7.35. The fourth-order valence-corrected chi connectivity index (χ4v) is 4.46. The van der Waals surface area contributed by atoms with E-state index in [1.807, 2.05) is 56.8 Å². The minimum atomic E-state index is -0.0607. The van der Waals surface area contributed by atoms with Crippen LogP contribution in [-0.2, 0) is 6.42 Å². The summed E-state index contributed by atoms with van der Waals surface area (Å²) in [6.07, 6.45) is 2.51. The molecular weight excluding hydrogens is 340 g/mol. The highest BCUT2D eigenvalue weighted by Gasteiger charge is 2.31. The van der Waals surface area contributed by atoms with Crippen molar-refractivity contribution in [3.05, 3.63) is 64.6 Å². The molecule has 2 aliphatic heterocycles. The predicted molar refractivity (Wildman–Crippen MR) is 105 cm³/mol. The highest BCUT2D eigenvalue weighted by atomic mass is 16.2. The van der Waals surface area contributed by atoms with Gasteiger partial charge in [-0.2, -0.15) is 0 Å². The molecule has 6 heteroatoms. The maximum Gasteiger partial charge on any atom is 0.326 e. The Bertz CT molecular complexity index is 1060. The zero-order valence-corrected chi connectivity index (χ0v) is 15.1. The summed E-state index contributed by atoms with van der Waals surface area (Å²) in [5.41, 5.74) is 4.04. The molecule has 3 heterocycles. The first kappa shape index (κ1) is 16.2. The number of amides is 2. The van der Waals surface area contributed by atoms with E-state index in [0.29, 0.717) is 13.1 Å². The Morgan fingerprint density at radius 1 is 0.963 bits per heavy atom. The van der Waals surface area contributed by atoms with Crippen LogP contribution in [0.2, 0.25) is 0 Å². The van der Waals surface area contributed by atoms with Gasteiger partial charge in [-0.25, -0.2) is 9.59 Å². The van der Waals surface area contributed by atoms with E-state index in [0.717, 1.165) is 42.5 Å². The third-order valence-electron chi connectivity index (χ3n) is 5.84. The maximum absolute atomic E-state index is 13.0. The number of carbonyl (C=O) groups is 1. The van der Waals surface area contributed by atoms with Crippen LogP contribution in [-0.4, -0.2) is 40.1 Å². The van der Waals surface area contributed by atoms with Gasteiger partial charge >= 0.3 is 11.7 Å². The number of urea groups is 1. The summed E-state index contributed by atoms with van der Waals surface area (Å²) in [5, 5.41) is 0. The second-order valence-electron chi connectivity index (χ2n) is 7.35. The summed E-state index contributed by atoms with van der Waals surface area (Å²) in [6, 6.07) is 16.1. The van der Waals surface area contributed by atoms with Crippen molar-refractivity contribution in [3.63, 3.8) is 0 Å². The van der Waals surface area contributed by atoms with Gasteiger partial charge in [0.15, 0.2) is 0 Å². The largest absolute Gasteiger partial charge is 0.326 e. The molecule has 1 N–H and O–H groups in total. The number of fused-ring (bicyclic) bond motifs is 2. The summed E-state index contributed by atoms with van der Waals surface area (Å²) in [5.74, 6) is 0. The van der Waals surface area contributed by atoms with Crippen LogP contribution in [0, 0.1) is 0 Å². The Kier molecular flexibility index (Phi) is 3.77. The quantitative estimate of drug-likeness (QED) is 0.723. The lowest BCUT2D eigenvalue weighted by atomic mass is 10.0. The van der Waals surface area contributed by atoms with Crippen molar-refractivity contribution < 1.29 is 4.79 Å². The van der Waals surface area contributed by atoms with Gasteiger partial charge in [-0.05, 0) is 43.0 Å². The van der Waals surface area contributed by atoms with Gasteiger partial charge in [-0.15, -0.1) is 0 Å². The highest BCUT2D eigenvalue weighted by molar-refractivity contribution is 5.94. The van der Waals surface area contributed by atoms with Crippen molar-refractivity contribution in [2.24, 2.45) is 0 Å². The van der Waals surface area contributed by atoms with Crippen LogP contribution >= 0.6 is 0 Å². The summed E-state index contributed by atoms with van der Waals surface area (Å²) in [6.45, 7) is 2.10. The molecular formula is C21H22N4O2. The number of hydrogen-bond acceptors (Lipinski definition) is 2. The molecule has 0 aliphatic carbocycles. The Morgan fingerprint density at radius 2 is 1.70 bits per heavy atom.